The summed E-state index contributed by atoms with van der Waals surface area (Å²) in [6, 6.07) is 0. The summed E-state index contributed by atoms with van der Waals surface area (Å²) in [6.45, 7) is 0.366. The summed E-state index contributed by atoms with van der Waals surface area (Å²) in [6.07, 6.45) is 1.07. The third kappa shape index (κ3) is 1.84. The van der Waals surface area contributed by atoms with Gasteiger partial charge in [0, 0.05) is 7.11 Å². The number of nitrogens with zero attached hydrogens (tertiary/aromatic N) is 2. The molecule has 0 spiro atoms. The molecule has 0 radical (unpaired) electrons. The van der Waals surface area contributed by atoms with E-state index < -0.39 is 5.91 Å². The lowest BCUT2D eigenvalue weighted by Gasteiger charge is -2.11. The Labute approximate surface area is 64.0 Å². The maximum absolute atomic E-state index is 10.5. The Morgan fingerprint density at radius 1 is 1.91 bits per heavy atom. The van der Waals surface area contributed by atoms with Gasteiger partial charge in [-0.1, -0.05) is 0 Å². The fraction of sp³-hybridized carbons (Fsp3) is 0.500. The molecule has 1 atom stereocenters. The van der Waals surface area contributed by atoms with E-state index >= 15 is 0 Å². The Bertz CT molecular complexity index is 222. The molecule has 0 saturated carbocycles. The zero-order valence-corrected chi connectivity index (χ0v) is 6.15. The average Bonchev–Trinajstić information content (AvgIpc) is 2.05. The maximum Gasteiger partial charge on any atom is 0.268 e. The van der Waals surface area contributed by atoms with Crippen LogP contribution in [0.1, 0.15) is 0 Å². The van der Waals surface area contributed by atoms with Crippen LogP contribution in [0.3, 0.4) is 0 Å². The lowest BCUT2D eigenvalue weighted by atomic mass is 10.3. The fourth-order valence-corrected chi connectivity index (χ4v) is 0.695. The van der Waals surface area contributed by atoms with Crippen molar-refractivity contribution in [2.45, 2.75) is 6.23 Å². The first-order valence-electron chi connectivity index (χ1n) is 3.14. The topological polar surface area (TPSA) is 77.0 Å². The Morgan fingerprint density at radius 3 is 3.00 bits per heavy atom. The summed E-state index contributed by atoms with van der Waals surface area (Å²) in [7, 11) is 1.53. The van der Waals surface area contributed by atoms with Gasteiger partial charge in [-0.2, -0.15) is 0 Å². The summed E-state index contributed by atoms with van der Waals surface area (Å²) < 4.78 is 4.86. The SMILES string of the molecule is COC1CN=C(C(N)=O)C=N1. The number of hydrogen-bond donors (Lipinski definition) is 1. The molecule has 0 aromatic rings. The molecule has 60 valence electrons. The number of carbonyl (C=O) groups is 1. The number of nitrogens with two attached hydrogens (primary N) is 1. The summed E-state index contributed by atoms with van der Waals surface area (Å²) in [4.78, 5) is 18.2. The minimum Gasteiger partial charge on any atom is -0.364 e. The van der Waals surface area contributed by atoms with Crippen molar-refractivity contribution >= 4 is 17.8 Å². The second kappa shape index (κ2) is 3.25. The molecule has 1 unspecified atom stereocenters. The molecule has 1 rings (SSSR count). The van der Waals surface area contributed by atoms with E-state index in [0.717, 1.165) is 0 Å². The minimum absolute atomic E-state index is 0.207. The van der Waals surface area contributed by atoms with Gasteiger partial charge >= 0.3 is 0 Å². The monoisotopic (exact) mass is 155 g/mol. The fourth-order valence-electron chi connectivity index (χ4n) is 0.695. The number of amides is 1. The van der Waals surface area contributed by atoms with Crippen LogP contribution in [0.4, 0.5) is 0 Å². The van der Waals surface area contributed by atoms with Crippen molar-refractivity contribution in [1.82, 2.24) is 0 Å². The Morgan fingerprint density at radius 2 is 2.64 bits per heavy atom. The molecule has 0 bridgehead atoms. The van der Waals surface area contributed by atoms with E-state index in [9.17, 15) is 4.79 Å². The van der Waals surface area contributed by atoms with Crippen LogP contribution in [-0.4, -0.2) is 37.7 Å². The largest absolute Gasteiger partial charge is 0.364 e. The number of ether oxygens (including phenoxy) is 1. The third-order valence-corrected chi connectivity index (χ3v) is 1.31. The zero-order valence-electron chi connectivity index (χ0n) is 6.15. The quantitative estimate of drug-likeness (QED) is 0.553. The number of carbonyl (C=O) groups excluding carboxylic acids is 1. The molecule has 11 heavy (non-hydrogen) atoms. The van der Waals surface area contributed by atoms with Crippen molar-refractivity contribution in [2.24, 2.45) is 15.7 Å². The standard InChI is InChI=1S/C6H9N3O2/c1-11-5-3-8-4(2-9-5)6(7)10/h2,5H,3H2,1H3,(H2,7,10). The van der Waals surface area contributed by atoms with Crippen molar-refractivity contribution in [3.8, 4) is 0 Å². The molecule has 1 aliphatic heterocycles. The van der Waals surface area contributed by atoms with Crippen LogP contribution in [0.2, 0.25) is 0 Å². The van der Waals surface area contributed by atoms with Crippen LogP contribution < -0.4 is 5.73 Å². The van der Waals surface area contributed by atoms with Crippen LogP contribution in [0.5, 0.6) is 0 Å². The summed E-state index contributed by atoms with van der Waals surface area (Å²) in [5, 5.41) is 0. The van der Waals surface area contributed by atoms with Crippen molar-refractivity contribution < 1.29 is 9.53 Å². The zero-order chi connectivity index (χ0) is 8.27. The van der Waals surface area contributed by atoms with Gasteiger partial charge in [0.1, 0.15) is 5.71 Å². The number of aliphatic imine (C=N–C) groups is 2. The highest BCUT2D eigenvalue weighted by molar-refractivity contribution is 6.60. The van der Waals surface area contributed by atoms with E-state index in [-0.39, 0.29) is 11.9 Å². The van der Waals surface area contributed by atoms with E-state index in [2.05, 4.69) is 9.98 Å². The van der Waals surface area contributed by atoms with E-state index in [0.29, 0.717) is 6.54 Å². The van der Waals surface area contributed by atoms with Gasteiger partial charge in [-0.3, -0.25) is 14.8 Å². The van der Waals surface area contributed by atoms with Crippen molar-refractivity contribution in [3.05, 3.63) is 0 Å². The molecule has 0 aliphatic carbocycles. The van der Waals surface area contributed by atoms with Gasteiger partial charge in [0.25, 0.3) is 5.91 Å². The van der Waals surface area contributed by atoms with Crippen LogP contribution >= 0.6 is 0 Å². The van der Waals surface area contributed by atoms with Gasteiger partial charge in [-0.05, 0) is 0 Å². The predicted molar refractivity (Wildman–Crippen MR) is 40.8 cm³/mol. The summed E-state index contributed by atoms with van der Waals surface area (Å²) in [5.41, 5.74) is 5.16. The predicted octanol–water partition coefficient (Wildman–Crippen LogP) is -1.03. The van der Waals surface area contributed by atoms with Crippen LogP contribution in [0.25, 0.3) is 0 Å². The van der Waals surface area contributed by atoms with Gasteiger partial charge < -0.3 is 10.5 Å². The summed E-state index contributed by atoms with van der Waals surface area (Å²) >= 11 is 0. The maximum atomic E-state index is 10.5. The van der Waals surface area contributed by atoms with Crippen molar-refractivity contribution in [1.29, 1.82) is 0 Å². The van der Waals surface area contributed by atoms with Crippen molar-refractivity contribution in [3.63, 3.8) is 0 Å². The Kier molecular flexibility index (Phi) is 2.32. The smallest absolute Gasteiger partial charge is 0.268 e. The minimum atomic E-state index is -0.552. The normalized spacial score (nSPS) is 23.0. The molecule has 1 heterocycles. The van der Waals surface area contributed by atoms with Crippen molar-refractivity contribution in [2.75, 3.05) is 13.7 Å². The van der Waals surface area contributed by atoms with E-state index in [4.69, 9.17) is 10.5 Å². The van der Waals surface area contributed by atoms with Gasteiger partial charge in [0.15, 0.2) is 6.23 Å². The van der Waals surface area contributed by atoms with Gasteiger partial charge in [0.2, 0.25) is 0 Å². The van der Waals surface area contributed by atoms with Crippen LogP contribution in [0, 0.1) is 0 Å². The van der Waals surface area contributed by atoms with Crippen LogP contribution in [-0.2, 0) is 9.53 Å². The first-order chi connectivity index (χ1) is 5.24. The molecule has 5 nitrogen and oxygen atoms in total. The molecular weight excluding hydrogens is 146 g/mol. The Hall–Kier alpha value is -1.23. The van der Waals surface area contributed by atoms with Gasteiger partial charge in [0.05, 0.1) is 12.8 Å². The second-order valence-electron chi connectivity index (χ2n) is 2.06. The first kappa shape index (κ1) is 7.87. The van der Waals surface area contributed by atoms with Gasteiger partial charge in [-0.15, -0.1) is 0 Å². The molecule has 0 fully saturated rings. The molecule has 5 heteroatoms. The molecule has 0 saturated heterocycles. The molecule has 0 aromatic carbocycles. The average molecular weight is 155 g/mol. The summed E-state index contributed by atoms with van der Waals surface area (Å²) in [5.74, 6) is -0.552. The second-order valence-corrected chi connectivity index (χ2v) is 2.06. The molecule has 2 N–H and O–H groups in total. The molecule has 1 aliphatic rings. The number of methoxy groups -OCH3 is 1. The highest BCUT2D eigenvalue weighted by Crippen LogP contribution is 1.97. The highest BCUT2D eigenvalue weighted by Gasteiger charge is 2.12. The number of primary amides is 1. The van der Waals surface area contributed by atoms with E-state index in [1.54, 1.807) is 0 Å². The third-order valence-electron chi connectivity index (χ3n) is 1.31. The molecule has 0 aromatic heterocycles. The number of hydrogen-bond acceptors (Lipinski definition) is 4. The van der Waals surface area contributed by atoms with Crippen LogP contribution in [0.15, 0.2) is 9.98 Å². The van der Waals surface area contributed by atoms with E-state index in [1.165, 1.54) is 13.3 Å². The number of rotatable bonds is 2. The lowest BCUT2D eigenvalue weighted by Crippen LogP contribution is -2.30. The molecule has 1 amide bonds. The lowest BCUT2D eigenvalue weighted by molar-refractivity contribution is -0.111. The highest BCUT2D eigenvalue weighted by atomic mass is 16.5. The Balaban J connectivity index is 2.60. The molecular formula is C6H9N3O2. The first-order valence-corrected chi connectivity index (χ1v) is 3.14. The van der Waals surface area contributed by atoms with E-state index in [1.807, 2.05) is 0 Å². The van der Waals surface area contributed by atoms with Gasteiger partial charge in [-0.25, -0.2) is 0 Å².